The third-order valence-corrected chi connectivity index (χ3v) is 10.3. The number of hydrogen-bond acceptors (Lipinski definition) is 6. The molecule has 58 heavy (non-hydrogen) atoms. The molecule has 0 radical (unpaired) electrons. The minimum Gasteiger partial charge on any atom is -0.423 e. The molecule has 0 unspecified atom stereocenters. The number of hydrogen-bond donors (Lipinski definition) is 0. The van der Waals surface area contributed by atoms with E-state index in [4.69, 9.17) is 14.2 Å². The fraction of sp³-hybridized carbons (Fsp3) is 0.0577. The zero-order chi connectivity index (χ0) is 40.2. The summed E-state index contributed by atoms with van der Waals surface area (Å²) in [7, 11) is 0. The summed E-state index contributed by atoms with van der Waals surface area (Å²) in [6, 6.07) is 42.6. The lowest BCUT2D eigenvalue weighted by Gasteiger charge is -2.16. The van der Waals surface area contributed by atoms with Gasteiger partial charge in [-0.2, -0.15) is 0 Å². The smallest absolute Gasteiger partial charge is 0.344 e. The van der Waals surface area contributed by atoms with Crippen molar-refractivity contribution in [1.29, 1.82) is 0 Å². The van der Waals surface area contributed by atoms with Gasteiger partial charge in [-0.25, -0.2) is 14.4 Å². The Bertz CT molecular complexity index is 2970. The average Bonchev–Trinajstić information content (AvgIpc) is 3.25. The van der Waals surface area contributed by atoms with Crippen LogP contribution >= 0.6 is 0 Å². The van der Waals surface area contributed by atoms with Gasteiger partial charge in [0.2, 0.25) is 0 Å². The number of allylic oxidation sites excluding steroid dienone is 3. The molecule has 282 valence electrons. The Balaban J connectivity index is 1.22. The molecule has 0 aromatic heterocycles. The summed E-state index contributed by atoms with van der Waals surface area (Å²) in [6.45, 7) is 11.7. The van der Waals surface area contributed by atoms with Crippen LogP contribution in [0.2, 0.25) is 0 Å². The van der Waals surface area contributed by atoms with Gasteiger partial charge in [0.25, 0.3) is 0 Å². The van der Waals surface area contributed by atoms with E-state index in [0.29, 0.717) is 47.3 Å². The minimum atomic E-state index is -0.688. The van der Waals surface area contributed by atoms with Crippen molar-refractivity contribution >= 4 is 61.0 Å². The number of benzene rings is 8. The number of fused-ring (bicyclic) bond motifs is 4. The fourth-order valence-electron chi connectivity index (χ4n) is 7.51. The van der Waals surface area contributed by atoms with Crippen LogP contribution in [0.1, 0.15) is 47.8 Å². The van der Waals surface area contributed by atoms with Crippen LogP contribution in [0, 0.1) is 0 Å². The maximum atomic E-state index is 14.4. The Morgan fingerprint density at radius 1 is 0.431 bits per heavy atom. The molecule has 0 amide bonds. The second-order valence-corrected chi connectivity index (χ2v) is 13.9. The van der Waals surface area contributed by atoms with Gasteiger partial charge >= 0.3 is 17.9 Å². The van der Waals surface area contributed by atoms with Crippen molar-refractivity contribution in [2.45, 2.75) is 19.3 Å². The molecule has 0 N–H and O–H groups in total. The minimum absolute atomic E-state index is 0.0923. The van der Waals surface area contributed by atoms with Crippen LogP contribution in [0.3, 0.4) is 0 Å². The molecule has 0 atom stereocenters. The van der Waals surface area contributed by atoms with Gasteiger partial charge in [0.1, 0.15) is 17.2 Å². The first-order valence-corrected chi connectivity index (χ1v) is 19.0. The third kappa shape index (κ3) is 7.27. The van der Waals surface area contributed by atoms with E-state index in [1.807, 2.05) is 97.1 Å². The van der Waals surface area contributed by atoms with E-state index in [-0.39, 0.29) is 16.7 Å². The van der Waals surface area contributed by atoms with Crippen molar-refractivity contribution in [3.63, 3.8) is 0 Å². The summed E-state index contributed by atoms with van der Waals surface area (Å²) >= 11 is 0. The van der Waals surface area contributed by atoms with Gasteiger partial charge in [-0.05, 0) is 98.9 Å². The van der Waals surface area contributed by atoms with Crippen LogP contribution in [0.25, 0.3) is 43.1 Å². The molecule has 0 aliphatic heterocycles. The molecule has 0 bridgehead atoms. The van der Waals surface area contributed by atoms with Gasteiger partial charge in [-0.15, -0.1) is 19.7 Å². The van der Waals surface area contributed by atoms with Crippen molar-refractivity contribution in [3.05, 3.63) is 211 Å². The Morgan fingerprint density at radius 3 is 1.52 bits per heavy atom. The van der Waals surface area contributed by atoms with Gasteiger partial charge in [0.15, 0.2) is 0 Å². The highest BCUT2D eigenvalue weighted by atomic mass is 16.5. The predicted molar refractivity (Wildman–Crippen MR) is 232 cm³/mol. The molecule has 0 spiro atoms. The molecule has 0 saturated carbocycles. The summed E-state index contributed by atoms with van der Waals surface area (Å²) in [4.78, 5) is 42.4. The summed E-state index contributed by atoms with van der Waals surface area (Å²) < 4.78 is 18.3. The van der Waals surface area contributed by atoms with Gasteiger partial charge in [0, 0.05) is 16.5 Å². The molecule has 6 nitrogen and oxygen atoms in total. The average molecular weight is 759 g/mol. The maximum Gasteiger partial charge on any atom is 0.344 e. The van der Waals surface area contributed by atoms with Crippen LogP contribution < -0.4 is 14.2 Å². The van der Waals surface area contributed by atoms with E-state index in [0.717, 1.165) is 49.0 Å². The molecule has 0 fully saturated rings. The highest BCUT2D eigenvalue weighted by Crippen LogP contribution is 2.35. The zero-order valence-electron chi connectivity index (χ0n) is 31.7. The molecule has 0 saturated heterocycles. The van der Waals surface area contributed by atoms with Crippen molar-refractivity contribution in [3.8, 4) is 17.2 Å². The van der Waals surface area contributed by atoms with E-state index in [9.17, 15) is 14.4 Å². The summed E-state index contributed by atoms with van der Waals surface area (Å²) in [5.41, 5.74) is 2.86. The summed E-state index contributed by atoms with van der Waals surface area (Å²) in [5, 5.41) is 6.49. The van der Waals surface area contributed by atoms with Gasteiger partial charge in [-0.1, -0.05) is 121 Å². The number of carbonyl (C=O) groups is 3. The second kappa shape index (κ2) is 16.3. The number of esters is 3. The zero-order valence-corrected chi connectivity index (χ0v) is 31.7. The lowest BCUT2D eigenvalue weighted by atomic mass is 9.98. The first-order valence-electron chi connectivity index (χ1n) is 19.0. The Kier molecular flexibility index (Phi) is 10.5. The van der Waals surface area contributed by atoms with Crippen LogP contribution in [-0.2, 0) is 19.3 Å². The Hall–Kier alpha value is -7.57. The molecule has 0 aliphatic carbocycles. The van der Waals surface area contributed by atoms with E-state index in [1.165, 1.54) is 6.07 Å². The van der Waals surface area contributed by atoms with Gasteiger partial charge in [-0.3, -0.25) is 0 Å². The van der Waals surface area contributed by atoms with E-state index >= 15 is 0 Å². The Morgan fingerprint density at radius 2 is 0.931 bits per heavy atom. The topological polar surface area (TPSA) is 78.9 Å². The highest BCUT2D eigenvalue weighted by molar-refractivity contribution is 6.11. The van der Waals surface area contributed by atoms with Crippen molar-refractivity contribution < 1.29 is 28.6 Å². The molecule has 8 aromatic carbocycles. The number of rotatable bonds is 12. The van der Waals surface area contributed by atoms with Crippen LogP contribution in [0.5, 0.6) is 17.2 Å². The predicted octanol–water partition coefficient (Wildman–Crippen LogP) is 12.1. The van der Waals surface area contributed by atoms with Crippen molar-refractivity contribution in [1.82, 2.24) is 0 Å². The Labute approximate surface area is 335 Å². The normalized spacial score (nSPS) is 11.0. The third-order valence-electron chi connectivity index (χ3n) is 10.3. The van der Waals surface area contributed by atoms with Crippen molar-refractivity contribution in [2.75, 3.05) is 0 Å². The van der Waals surface area contributed by atoms with Crippen LogP contribution in [0.15, 0.2) is 177 Å². The molecule has 8 aromatic rings. The van der Waals surface area contributed by atoms with Gasteiger partial charge < -0.3 is 14.2 Å². The van der Waals surface area contributed by atoms with E-state index in [1.54, 1.807) is 54.6 Å². The largest absolute Gasteiger partial charge is 0.423 e. The van der Waals surface area contributed by atoms with Gasteiger partial charge in [0.05, 0.1) is 16.7 Å². The maximum absolute atomic E-state index is 14.4. The van der Waals surface area contributed by atoms with Crippen LogP contribution in [-0.4, -0.2) is 17.9 Å². The molecule has 0 heterocycles. The highest BCUT2D eigenvalue weighted by Gasteiger charge is 2.23. The SMILES string of the molecule is C=CCc1ccc2ccccc2c1OC(=O)c1cc(C(=O)Oc2ccc3ccccc3c2CC=C)cc2cc(C(=O)Oc3ccc4ccccc4c3CC=C)ccc12. The fourth-order valence-corrected chi connectivity index (χ4v) is 7.51. The van der Waals surface area contributed by atoms with Crippen LogP contribution in [0.4, 0.5) is 0 Å². The summed E-state index contributed by atoms with van der Waals surface area (Å²) in [5.74, 6) is -0.774. The molecular weight excluding hydrogens is 721 g/mol. The van der Waals surface area contributed by atoms with Crippen molar-refractivity contribution in [2.24, 2.45) is 0 Å². The monoisotopic (exact) mass is 758 g/mol. The standard InChI is InChI=1S/C52H38O6/c1-4-13-36-23-22-35-18-9-12-21-43(35)49(36)58-52(55)46-32-39(51(54)57-48-29-26-34-17-8-11-20-41(34)45(48)15-6-3)31-38-30-37(24-27-42(38)46)50(53)56-47-28-25-33-16-7-10-19-40(33)44(47)14-5-2/h4-12,16-32H,1-3,13-15H2. The molecule has 0 aliphatic rings. The number of carbonyl (C=O) groups excluding carboxylic acids is 3. The number of ether oxygens (including phenoxy) is 3. The second-order valence-electron chi connectivity index (χ2n) is 13.9. The quantitative estimate of drug-likeness (QED) is 0.0701. The van der Waals surface area contributed by atoms with E-state index < -0.39 is 17.9 Å². The molecular formula is C52H38O6. The first kappa shape index (κ1) is 37.4. The molecule has 6 heteroatoms. The lowest BCUT2D eigenvalue weighted by Crippen LogP contribution is -2.15. The van der Waals surface area contributed by atoms with E-state index in [2.05, 4.69) is 19.7 Å². The summed E-state index contributed by atoms with van der Waals surface area (Å²) in [6.07, 6.45) is 6.71. The lowest BCUT2D eigenvalue weighted by molar-refractivity contribution is 0.0722. The molecule has 8 rings (SSSR count). The first-order chi connectivity index (χ1) is 28.4.